The van der Waals surface area contributed by atoms with E-state index < -0.39 is 9.84 Å². The van der Waals surface area contributed by atoms with Gasteiger partial charge < -0.3 is 10.5 Å². The summed E-state index contributed by atoms with van der Waals surface area (Å²) in [6, 6.07) is 7.62. The number of hydrogen-bond donors (Lipinski definition) is 1. The predicted molar refractivity (Wildman–Crippen MR) is 82.8 cm³/mol. The van der Waals surface area contributed by atoms with Crippen molar-refractivity contribution < 1.29 is 13.2 Å². The van der Waals surface area contributed by atoms with Crippen LogP contribution in [0.15, 0.2) is 24.3 Å². The molecule has 0 radical (unpaired) electrons. The fraction of sp³-hybridized carbons (Fsp3) is 0.600. The Kier molecular flexibility index (Phi) is 7.02. The minimum absolute atomic E-state index is 0.0713. The summed E-state index contributed by atoms with van der Waals surface area (Å²) in [5.41, 5.74) is 6.64. The molecule has 1 unspecified atom stereocenters. The lowest BCUT2D eigenvalue weighted by Gasteiger charge is -2.10. The zero-order valence-corrected chi connectivity index (χ0v) is 13.2. The first-order valence-electron chi connectivity index (χ1n) is 7.09. The van der Waals surface area contributed by atoms with E-state index in [-0.39, 0.29) is 24.0 Å². The van der Waals surface area contributed by atoms with E-state index in [1.165, 1.54) is 0 Å². The van der Waals surface area contributed by atoms with Crippen molar-refractivity contribution in [1.82, 2.24) is 0 Å². The fourth-order valence-corrected chi connectivity index (χ4v) is 3.45. The maximum absolute atomic E-state index is 11.8. The van der Waals surface area contributed by atoms with Crippen molar-refractivity contribution in [1.29, 1.82) is 0 Å². The molecule has 114 valence electrons. The van der Waals surface area contributed by atoms with Crippen molar-refractivity contribution in [2.45, 2.75) is 26.7 Å². The molecule has 0 aliphatic rings. The third-order valence-corrected chi connectivity index (χ3v) is 5.12. The fourth-order valence-electron chi connectivity index (χ4n) is 1.84. The highest BCUT2D eigenvalue weighted by Gasteiger charge is 2.14. The Labute approximate surface area is 122 Å². The van der Waals surface area contributed by atoms with E-state index in [2.05, 4.69) is 0 Å². The second kappa shape index (κ2) is 8.27. The van der Waals surface area contributed by atoms with Crippen molar-refractivity contribution in [3.63, 3.8) is 0 Å². The third-order valence-electron chi connectivity index (χ3n) is 3.25. The standard InChI is InChI=1S/C15H25NO3S/c1-3-13(2)12-20(17,18)11-10-19-15-6-4-14(5-7-15)8-9-16/h4-7,13H,3,8-12,16H2,1-2H3. The lowest BCUT2D eigenvalue weighted by Crippen LogP contribution is -2.20. The van der Waals surface area contributed by atoms with E-state index in [9.17, 15) is 8.42 Å². The van der Waals surface area contributed by atoms with Crippen LogP contribution in [-0.4, -0.2) is 33.1 Å². The molecule has 1 aromatic rings. The van der Waals surface area contributed by atoms with Gasteiger partial charge in [-0.15, -0.1) is 0 Å². The van der Waals surface area contributed by atoms with Crippen LogP contribution in [0.5, 0.6) is 5.75 Å². The molecule has 5 heteroatoms. The highest BCUT2D eigenvalue weighted by atomic mass is 32.2. The number of ether oxygens (including phenoxy) is 1. The Morgan fingerprint density at radius 2 is 1.90 bits per heavy atom. The van der Waals surface area contributed by atoms with E-state index in [0.717, 1.165) is 18.4 Å². The Bertz CT molecular complexity index is 482. The molecular weight excluding hydrogens is 274 g/mol. The van der Waals surface area contributed by atoms with Crippen molar-refractivity contribution >= 4 is 9.84 Å². The first kappa shape index (κ1) is 17.0. The van der Waals surface area contributed by atoms with Gasteiger partial charge in [-0.2, -0.15) is 0 Å². The molecular formula is C15H25NO3S. The largest absolute Gasteiger partial charge is 0.493 e. The average Bonchev–Trinajstić information content (AvgIpc) is 2.40. The van der Waals surface area contributed by atoms with Gasteiger partial charge in [0.25, 0.3) is 0 Å². The van der Waals surface area contributed by atoms with E-state index in [4.69, 9.17) is 10.5 Å². The van der Waals surface area contributed by atoms with Gasteiger partial charge in [0.15, 0.2) is 9.84 Å². The molecule has 0 aliphatic carbocycles. The minimum Gasteiger partial charge on any atom is -0.493 e. The molecule has 0 aliphatic heterocycles. The maximum atomic E-state index is 11.8. The van der Waals surface area contributed by atoms with Crippen molar-refractivity contribution in [3.8, 4) is 5.75 Å². The normalized spacial score (nSPS) is 13.2. The van der Waals surface area contributed by atoms with Gasteiger partial charge in [-0.05, 0) is 36.6 Å². The molecule has 20 heavy (non-hydrogen) atoms. The zero-order valence-electron chi connectivity index (χ0n) is 12.3. The number of sulfone groups is 1. The molecule has 0 heterocycles. The Morgan fingerprint density at radius 1 is 1.25 bits per heavy atom. The summed E-state index contributed by atoms with van der Waals surface area (Å²) in [6.45, 7) is 4.78. The van der Waals surface area contributed by atoms with Crippen LogP contribution in [0, 0.1) is 5.92 Å². The quantitative estimate of drug-likeness (QED) is 0.757. The van der Waals surface area contributed by atoms with Crippen LogP contribution in [0.25, 0.3) is 0 Å². The Morgan fingerprint density at radius 3 is 2.45 bits per heavy atom. The topological polar surface area (TPSA) is 69.4 Å². The Hall–Kier alpha value is -1.07. The predicted octanol–water partition coefficient (Wildman–Crippen LogP) is 2.03. The summed E-state index contributed by atoms with van der Waals surface area (Å²) in [5, 5.41) is 0. The van der Waals surface area contributed by atoms with E-state index in [1.807, 2.05) is 38.1 Å². The van der Waals surface area contributed by atoms with Gasteiger partial charge in [0.05, 0.1) is 11.5 Å². The highest BCUT2D eigenvalue weighted by Crippen LogP contribution is 2.13. The lowest BCUT2D eigenvalue weighted by atomic mass is 10.1. The molecule has 0 aromatic heterocycles. The molecule has 2 N–H and O–H groups in total. The van der Waals surface area contributed by atoms with Crippen LogP contribution in [0.2, 0.25) is 0 Å². The number of nitrogens with two attached hydrogens (primary N) is 1. The molecule has 1 aromatic carbocycles. The number of rotatable bonds is 9. The summed E-state index contributed by atoms with van der Waals surface area (Å²) in [6.07, 6.45) is 1.71. The monoisotopic (exact) mass is 299 g/mol. The zero-order chi connectivity index (χ0) is 15.0. The lowest BCUT2D eigenvalue weighted by molar-refractivity contribution is 0.340. The highest BCUT2D eigenvalue weighted by molar-refractivity contribution is 7.91. The van der Waals surface area contributed by atoms with Crippen LogP contribution < -0.4 is 10.5 Å². The van der Waals surface area contributed by atoms with Gasteiger partial charge >= 0.3 is 0 Å². The summed E-state index contributed by atoms with van der Waals surface area (Å²) in [7, 11) is -3.02. The summed E-state index contributed by atoms with van der Waals surface area (Å²) in [5.74, 6) is 1.21. The molecule has 4 nitrogen and oxygen atoms in total. The molecule has 0 bridgehead atoms. The van der Waals surface area contributed by atoms with Gasteiger partial charge in [-0.25, -0.2) is 8.42 Å². The van der Waals surface area contributed by atoms with Crippen LogP contribution >= 0.6 is 0 Å². The molecule has 0 amide bonds. The van der Waals surface area contributed by atoms with Crippen molar-refractivity contribution in [3.05, 3.63) is 29.8 Å². The average molecular weight is 299 g/mol. The SMILES string of the molecule is CCC(C)CS(=O)(=O)CCOc1ccc(CCN)cc1. The summed E-state index contributed by atoms with van der Waals surface area (Å²) in [4.78, 5) is 0. The van der Waals surface area contributed by atoms with Crippen LogP contribution in [-0.2, 0) is 16.3 Å². The molecule has 0 saturated heterocycles. The molecule has 0 saturated carbocycles. The first-order valence-corrected chi connectivity index (χ1v) is 8.91. The van der Waals surface area contributed by atoms with E-state index >= 15 is 0 Å². The van der Waals surface area contributed by atoms with E-state index in [0.29, 0.717) is 12.3 Å². The number of benzene rings is 1. The van der Waals surface area contributed by atoms with Crippen LogP contribution in [0.4, 0.5) is 0 Å². The van der Waals surface area contributed by atoms with Gasteiger partial charge in [0.1, 0.15) is 12.4 Å². The van der Waals surface area contributed by atoms with Gasteiger partial charge in [0.2, 0.25) is 0 Å². The van der Waals surface area contributed by atoms with Gasteiger partial charge in [-0.1, -0.05) is 32.4 Å². The maximum Gasteiger partial charge on any atom is 0.153 e. The molecule has 1 atom stereocenters. The van der Waals surface area contributed by atoms with Crippen LogP contribution in [0.3, 0.4) is 0 Å². The summed E-state index contributed by atoms with van der Waals surface area (Å²) < 4.78 is 29.2. The third kappa shape index (κ3) is 6.39. The summed E-state index contributed by atoms with van der Waals surface area (Å²) >= 11 is 0. The number of hydrogen-bond acceptors (Lipinski definition) is 4. The van der Waals surface area contributed by atoms with Gasteiger partial charge in [-0.3, -0.25) is 0 Å². The smallest absolute Gasteiger partial charge is 0.153 e. The van der Waals surface area contributed by atoms with Gasteiger partial charge in [0, 0.05) is 0 Å². The minimum atomic E-state index is -3.02. The molecule has 1 rings (SSSR count). The second-order valence-electron chi connectivity index (χ2n) is 5.16. The second-order valence-corrected chi connectivity index (χ2v) is 7.39. The molecule has 0 spiro atoms. The Balaban J connectivity index is 2.40. The van der Waals surface area contributed by atoms with Crippen molar-refractivity contribution in [2.24, 2.45) is 11.7 Å². The van der Waals surface area contributed by atoms with E-state index in [1.54, 1.807) is 0 Å². The molecule has 0 fully saturated rings. The first-order chi connectivity index (χ1) is 9.46. The van der Waals surface area contributed by atoms with Crippen molar-refractivity contribution in [2.75, 3.05) is 24.7 Å². The van der Waals surface area contributed by atoms with Crippen LogP contribution in [0.1, 0.15) is 25.8 Å².